The summed E-state index contributed by atoms with van der Waals surface area (Å²) >= 11 is 0. The molecular weight excluding hydrogens is 228 g/mol. The molecule has 0 amide bonds. The van der Waals surface area contributed by atoms with E-state index in [1.807, 2.05) is 18.2 Å². The molecule has 0 fully saturated rings. The van der Waals surface area contributed by atoms with Crippen LogP contribution in [-0.2, 0) is 4.74 Å². The van der Waals surface area contributed by atoms with Crippen LogP contribution in [0.3, 0.4) is 0 Å². The Labute approximate surface area is 106 Å². The summed E-state index contributed by atoms with van der Waals surface area (Å²) < 4.78 is 5.55. The molecule has 1 atom stereocenters. The number of hydrazine groups is 1. The maximum atomic E-state index is 5.60. The average Bonchev–Trinajstić information content (AvgIpc) is 2.43. The maximum Gasteiger partial charge on any atom is 0.0935 e. The van der Waals surface area contributed by atoms with Gasteiger partial charge >= 0.3 is 0 Å². The second-order valence-corrected chi connectivity index (χ2v) is 4.07. The van der Waals surface area contributed by atoms with Crippen molar-refractivity contribution in [3.05, 3.63) is 36.2 Å². The molecule has 1 aromatic carbocycles. The van der Waals surface area contributed by atoms with Crippen molar-refractivity contribution in [1.29, 1.82) is 0 Å². The van der Waals surface area contributed by atoms with Crippen LogP contribution < -0.4 is 11.3 Å². The number of rotatable bonds is 6. The van der Waals surface area contributed by atoms with Crippen molar-refractivity contribution in [1.82, 2.24) is 15.4 Å². The fourth-order valence-corrected chi connectivity index (χ4v) is 1.87. The number of fused-ring (bicyclic) bond motifs is 1. The fraction of sp³-hybridized carbons (Fsp3) is 0.385. The third kappa shape index (κ3) is 2.81. The molecule has 1 heterocycles. The minimum Gasteiger partial charge on any atom is -0.379 e. The van der Waals surface area contributed by atoms with Crippen LogP contribution in [0, 0.1) is 0 Å². The molecular formula is C13H18N4O. The molecule has 96 valence electrons. The lowest BCUT2D eigenvalue weighted by molar-refractivity contribution is 0.112. The molecule has 0 aliphatic heterocycles. The van der Waals surface area contributed by atoms with E-state index < -0.39 is 0 Å². The van der Waals surface area contributed by atoms with Crippen LogP contribution in [0.25, 0.3) is 11.0 Å². The summed E-state index contributed by atoms with van der Waals surface area (Å²) in [6.07, 6.45) is 4.36. The van der Waals surface area contributed by atoms with E-state index in [0.29, 0.717) is 6.61 Å². The lowest BCUT2D eigenvalue weighted by Crippen LogP contribution is -2.31. The SMILES string of the molecule is CCCOCC(NN)c1cccc2nccnc12. The number of hydrogen-bond acceptors (Lipinski definition) is 5. The van der Waals surface area contributed by atoms with Gasteiger partial charge in [-0.05, 0) is 12.5 Å². The Morgan fingerprint density at radius 3 is 2.94 bits per heavy atom. The normalized spacial score (nSPS) is 12.8. The van der Waals surface area contributed by atoms with Crippen molar-refractivity contribution >= 4 is 11.0 Å². The van der Waals surface area contributed by atoms with Crippen LogP contribution in [0.5, 0.6) is 0 Å². The molecule has 0 radical (unpaired) electrons. The molecule has 5 nitrogen and oxygen atoms in total. The summed E-state index contributed by atoms with van der Waals surface area (Å²) in [5, 5.41) is 0. The monoisotopic (exact) mass is 246 g/mol. The second kappa shape index (κ2) is 6.39. The summed E-state index contributed by atoms with van der Waals surface area (Å²) in [5.74, 6) is 5.60. The molecule has 0 saturated carbocycles. The smallest absolute Gasteiger partial charge is 0.0935 e. The average molecular weight is 246 g/mol. The molecule has 5 heteroatoms. The van der Waals surface area contributed by atoms with Crippen LogP contribution in [0.1, 0.15) is 24.9 Å². The lowest BCUT2D eigenvalue weighted by Gasteiger charge is -2.17. The molecule has 0 spiro atoms. The van der Waals surface area contributed by atoms with Gasteiger partial charge in [0.25, 0.3) is 0 Å². The predicted octanol–water partition coefficient (Wildman–Crippen LogP) is 1.56. The Balaban J connectivity index is 2.27. The van der Waals surface area contributed by atoms with Gasteiger partial charge in [-0.3, -0.25) is 21.2 Å². The van der Waals surface area contributed by atoms with Crippen molar-refractivity contribution in [2.75, 3.05) is 13.2 Å². The summed E-state index contributed by atoms with van der Waals surface area (Å²) in [4.78, 5) is 8.65. The Kier molecular flexibility index (Phi) is 4.58. The van der Waals surface area contributed by atoms with Crippen molar-refractivity contribution in [3.8, 4) is 0 Å². The fourth-order valence-electron chi connectivity index (χ4n) is 1.87. The first kappa shape index (κ1) is 12.9. The Morgan fingerprint density at radius 1 is 1.33 bits per heavy atom. The quantitative estimate of drug-likeness (QED) is 0.460. The number of nitrogens with two attached hydrogens (primary N) is 1. The largest absolute Gasteiger partial charge is 0.379 e. The molecule has 2 rings (SSSR count). The molecule has 1 aromatic heterocycles. The standard InChI is InChI=1S/C13H18N4O/c1-2-8-18-9-12(17-14)10-4-3-5-11-13(10)16-7-6-15-11/h3-7,12,17H,2,8-9,14H2,1H3. The molecule has 18 heavy (non-hydrogen) atoms. The molecule has 2 aromatic rings. The number of hydrogen-bond donors (Lipinski definition) is 2. The van der Waals surface area contributed by atoms with Gasteiger partial charge in [0.15, 0.2) is 0 Å². The van der Waals surface area contributed by atoms with E-state index in [9.17, 15) is 0 Å². The van der Waals surface area contributed by atoms with E-state index in [2.05, 4.69) is 22.3 Å². The van der Waals surface area contributed by atoms with Gasteiger partial charge in [-0.15, -0.1) is 0 Å². The molecule has 0 saturated heterocycles. The van der Waals surface area contributed by atoms with Crippen molar-refractivity contribution in [2.45, 2.75) is 19.4 Å². The topological polar surface area (TPSA) is 73.1 Å². The molecule has 0 aliphatic carbocycles. The summed E-state index contributed by atoms with van der Waals surface area (Å²) in [6, 6.07) is 5.82. The van der Waals surface area contributed by atoms with Gasteiger partial charge in [0.1, 0.15) is 0 Å². The van der Waals surface area contributed by atoms with E-state index in [1.54, 1.807) is 12.4 Å². The Morgan fingerprint density at radius 2 is 2.17 bits per heavy atom. The van der Waals surface area contributed by atoms with Gasteiger partial charge in [0, 0.05) is 24.6 Å². The van der Waals surface area contributed by atoms with Crippen LogP contribution in [0.2, 0.25) is 0 Å². The van der Waals surface area contributed by atoms with E-state index in [-0.39, 0.29) is 6.04 Å². The highest BCUT2D eigenvalue weighted by Crippen LogP contribution is 2.20. The van der Waals surface area contributed by atoms with Gasteiger partial charge in [-0.1, -0.05) is 19.1 Å². The van der Waals surface area contributed by atoms with Crippen LogP contribution in [0.15, 0.2) is 30.6 Å². The summed E-state index contributed by atoms with van der Waals surface area (Å²) in [7, 11) is 0. The highest BCUT2D eigenvalue weighted by Gasteiger charge is 2.14. The minimum absolute atomic E-state index is 0.0723. The minimum atomic E-state index is -0.0723. The predicted molar refractivity (Wildman–Crippen MR) is 70.7 cm³/mol. The highest BCUT2D eigenvalue weighted by atomic mass is 16.5. The number of ether oxygens (including phenoxy) is 1. The number of para-hydroxylation sites is 1. The first-order valence-electron chi connectivity index (χ1n) is 6.10. The number of aromatic nitrogens is 2. The van der Waals surface area contributed by atoms with E-state index >= 15 is 0 Å². The Hall–Kier alpha value is -1.56. The lowest BCUT2D eigenvalue weighted by atomic mass is 10.1. The first-order valence-corrected chi connectivity index (χ1v) is 6.10. The van der Waals surface area contributed by atoms with E-state index in [0.717, 1.165) is 29.6 Å². The van der Waals surface area contributed by atoms with Crippen LogP contribution in [-0.4, -0.2) is 23.2 Å². The van der Waals surface area contributed by atoms with E-state index in [1.165, 1.54) is 0 Å². The number of nitrogens with one attached hydrogen (secondary N) is 1. The zero-order valence-corrected chi connectivity index (χ0v) is 10.5. The maximum absolute atomic E-state index is 5.60. The van der Waals surface area contributed by atoms with Gasteiger partial charge in [0.05, 0.1) is 23.7 Å². The zero-order chi connectivity index (χ0) is 12.8. The molecule has 0 aliphatic rings. The van der Waals surface area contributed by atoms with Gasteiger partial charge < -0.3 is 4.74 Å². The van der Waals surface area contributed by atoms with Gasteiger partial charge in [-0.2, -0.15) is 0 Å². The third-order valence-electron chi connectivity index (χ3n) is 2.74. The number of nitrogens with zero attached hydrogens (tertiary/aromatic N) is 2. The second-order valence-electron chi connectivity index (χ2n) is 4.07. The van der Waals surface area contributed by atoms with Crippen molar-refractivity contribution < 1.29 is 4.74 Å². The van der Waals surface area contributed by atoms with Crippen LogP contribution in [0.4, 0.5) is 0 Å². The van der Waals surface area contributed by atoms with Crippen molar-refractivity contribution in [2.24, 2.45) is 5.84 Å². The highest BCUT2D eigenvalue weighted by molar-refractivity contribution is 5.78. The van der Waals surface area contributed by atoms with Gasteiger partial charge in [-0.25, -0.2) is 0 Å². The van der Waals surface area contributed by atoms with Crippen molar-refractivity contribution in [3.63, 3.8) is 0 Å². The van der Waals surface area contributed by atoms with Gasteiger partial charge in [0.2, 0.25) is 0 Å². The zero-order valence-electron chi connectivity index (χ0n) is 10.5. The molecule has 0 bridgehead atoms. The summed E-state index contributed by atoms with van der Waals surface area (Å²) in [6.45, 7) is 3.34. The van der Waals surface area contributed by atoms with E-state index in [4.69, 9.17) is 10.6 Å². The Bertz CT molecular complexity index is 498. The van der Waals surface area contributed by atoms with Crippen LogP contribution >= 0.6 is 0 Å². The first-order chi connectivity index (χ1) is 8.86. The summed E-state index contributed by atoms with van der Waals surface area (Å²) in [5.41, 5.74) is 5.52. The number of benzene rings is 1. The molecule has 1 unspecified atom stereocenters. The molecule has 3 N–H and O–H groups in total. The third-order valence-corrected chi connectivity index (χ3v) is 2.74.